The number of alkyl halides is 6. The molecular formula is C70H101BrF6N16O12Sn. The predicted octanol–water partition coefficient (Wildman–Crippen LogP) is 15.9. The van der Waals surface area contributed by atoms with Crippen molar-refractivity contribution in [1.82, 2.24) is 59.0 Å². The second kappa shape index (κ2) is 36.0. The molecule has 4 aliphatic rings. The van der Waals surface area contributed by atoms with E-state index < -0.39 is 117 Å². The molecule has 0 aliphatic carbocycles. The molecular weight excluding hydrogens is 1570 g/mol. The van der Waals surface area contributed by atoms with E-state index in [1.54, 1.807) is 10.9 Å². The number of unbranched alkanes of at least 4 members (excludes halogenated alkanes) is 3. The van der Waals surface area contributed by atoms with Crippen LogP contribution in [-0.4, -0.2) is 190 Å². The predicted molar refractivity (Wildman–Crippen MR) is 390 cm³/mol. The Balaban J connectivity index is 0.000000210. The summed E-state index contributed by atoms with van der Waals surface area (Å²) in [6.45, 7) is 31.6. The number of fused-ring (bicyclic) bond motifs is 2. The zero-order valence-corrected chi connectivity index (χ0v) is 67.8. The number of anilines is 4. The van der Waals surface area contributed by atoms with Gasteiger partial charge in [0, 0.05) is 32.1 Å². The number of hydrogen-bond donors (Lipinski definition) is 0. The van der Waals surface area contributed by atoms with Gasteiger partial charge in [0.15, 0.2) is 34.2 Å². The maximum absolute atomic E-state index is 14.7. The number of nitrogens with zero attached hydrogens (tertiary/aromatic N) is 16. The third-order valence-electron chi connectivity index (χ3n) is 16.8. The van der Waals surface area contributed by atoms with Crippen LogP contribution in [0, 0.1) is 0 Å². The summed E-state index contributed by atoms with van der Waals surface area (Å²) in [7, 11) is 0. The van der Waals surface area contributed by atoms with Crippen LogP contribution in [0.25, 0.3) is 33.7 Å². The van der Waals surface area contributed by atoms with Crippen molar-refractivity contribution in [2.75, 3.05) is 85.4 Å². The third kappa shape index (κ3) is 22.8. The van der Waals surface area contributed by atoms with Gasteiger partial charge in [-0.3, -0.25) is 4.57 Å². The zero-order valence-electron chi connectivity index (χ0n) is 63.3. The summed E-state index contributed by atoms with van der Waals surface area (Å²) in [6.07, 6.45) is 3.24. The van der Waals surface area contributed by atoms with Crippen LogP contribution < -0.4 is 23.4 Å². The molecule has 4 saturated heterocycles. The first-order chi connectivity index (χ1) is 49.7. The van der Waals surface area contributed by atoms with E-state index in [1.165, 1.54) is 145 Å². The van der Waals surface area contributed by atoms with Gasteiger partial charge < -0.3 is 33.3 Å². The molecule has 4 amide bonds. The zero-order chi connectivity index (χ0) is 77.7. The number of halogens is 7. The molecule has 28 nitrogen and oxygen atoms in total. The molecule has 10 heterocycles. The molecule has 106 heavy (non-hydrogen) atoms. The number of amides is 4. The number of imidazole rings is 2. The first kappa shape index (κ1) is 84.7. The Hall–Kier alpha value is -6.96. The second-order valence-electron chi connectivity index (χ2n) is 30.2. The van der Waals surface area contributed by atoms with Gasteiger partial charge in [-0.15, -0.1) is 9.80 Å². The molecule has 6 aromatic rings. The standard InChI is InChI=1S/C29H37F3N8O6.C15H19BrF3N3O4.C14H18N5O2.3C4H9.Sn/c1-27(2,3)45-25(41)40(26(42)46-28(4,5)6)24-33-15-17(20(35-24)29(30,31)32)21-36-22(38-10-13-43-14-11-38)19-23(37-21)39(16-34-19)18-9-7-8-12-44-18;1-13(2,3)25-11(23)22(12(24)26-14(4,5)6)10-20-7-8(16)9(21-10)15(17,18)19;1-2-6-21-11(3-1)19-10-17-12-13(15-9-16-14(12)19)18-4-7-20-8-5-18;3*1-3-4-2;/h15-16,18H,7-14H2,1-6H3;7H,1-6H3;10-11H,1-8H2;3*1,3-4H2,2H3;. The van der Waals surface area contributed by atoms with Gasteiger partial charge in [-0.1, -0.05) is 0 Å². The molecule has 36 heteroatoms. The number of aromatic nitrogens is 12. The van der Waals surface area contributed by atoms with Crippen LogP contribution in [0.5, 0.6) is 0 Å². The van der Waals surface area contributed by atoms with E-state index in [2.05, 4.69) is 81.1 Å². The summed E-state index contributed by atoms with van der Waals surface area (Å²) in [5.41, 5.74) is -5.00. The molecule has 0 saturated carbocycles. The molecule has 4 fully saturated rings. The van der Waals surface area contributed by atoms with Crippen molar-refractivity contribution in [3.63, 3.8) is 0 Å². The Labute approximate surface area is 626 Å². The van der Waals surface area contributed by atoms with Gasteiger partial charge in [-0.2, -0.15) is 26.3 Å². The van der Waals surface area contributed by atoms with Gasteiger partial charge in [0.05, 0.1) is 29.6 Å². The summed E-state index contributed by atoms with van der Waals surface area (Å²) < 4.78 is 136. The number of carbonyl (C=O) groups excluding carboxylic acids is 4. The van der Waals surface area contributed by atoms with Crippen LogP contribution in [0.3, 0.4) is 0 Å². The van der Waals surface area contributed by atoms with E-state index >= 15 is 0 Å². The van der Waals surface area contributed by atoms with Crippen LogP contribution in [-0.2, 0) is 50.2 Å². The molecule has 6 aromatic heterocycles. The summed E-state index contributed by atoms with van der Waals surface area (Å²) in [5, 5.41) is 0. The monoisotopic (exact) mass is 1670 g/mol. The van der Waals surface area contributed by atoms with E-state index in [0.29, 0.717) is 50.7 Å². The van der Waals surface area contributed by atoms with Crippen LogP contribution >= 0.6 is 15.9 Å². The first-order valence-corrected chi connectivity index (χ1v) is 44.5. The van der Waals surface area contributed by atoms with Gasteiger partial charge >= 0.3 is 247 Å². The Bertz CT molecular complexity index is 3870. The van der Waals surface area contributed by atoms with Crippen molar-refractivity contribution >= 4 is 108 Å². The van der Waals surface area contributed by atoms with E-state index in [0.717, 1.165) is 88.0 Å². The number of hydrogen-bond acceptors (Lipinski definition) is 24. The number of carbonyl (C=O) groups is 4. The number of imide groups is 2. The quantitative estimate of drug-likeness (QED) is 0.0465. The fourth-order valence-corrected chi connectivity index (χ4v) is 27.2. The molecule has 0 aromatic carbocycles. The number of rotatable bonds is 17. The average Bonchev–Trinajstić information content (AvgIpc) is 1.51. The minimum atomic E-state index is -5.08. The Morgan fingerprint density at radius 3 is 1.25 bits per heavy atom. The van der Waals surface area contributed by atoms with E-state index in [9.17, 15) is 45.5 Å². The SMILES string of the molecule is CC(C)(C)OC(=O)N(C(=O)OC(C)(C)C)c1ncc(-c2nc(N3CCOCC3)c3ncn(C4CCCCO4)c3n2)c(C(F)(F)F)n1.CC(C)(C)OC(=O)N(C(=O)OC(C)(C)C)c1ncc(Br)c(C(F)(F)F)n1.CCC[CH2][Sn]([CH2]CCC)([CH2]CCC)[c]1nc(N2CCOCC2)c2ncn(C3CCCCO3)c2n1. The molecule has 2 unspecified atom stereocenters. The van der Waals surface area contributed by atoms with Crippen molar-refractivity contribution in [3.05, 3.63) is 40.9 Å². The van der Waals surface area contributed by atoms with Crippen LogP contribution in [0.1, 0.15) is 205 Å². The van der Waals surface area contributed by atoms with E-state index in [-0.39, 0.29) is 27.5 Å². The molecule has 4 aliphatic heterocycles. The average molecular weight is 1670 g/mol. The molecule has 586 valence electrons. The number of ether oxygens (including phenoxy) is 8. The summed E-state index contributed by atoms with van der Waals surface area (Å²) in [4.78, 5) is 99.6. The normalized spacial score (nSPS) is 17.2. The van der Waals surface area contributed by atoms with Gasteiger partial charge in [0.2, 0.25) is 11.9 Å². The van der Waals surface area contributed by atoms with Gasteiger partial charge in [0.1, 0.15) is 28.6 Å². The minimum absolute atomic E-state index is 0.0468. The van der Waals surface area contributed by atoms with Crippen molar-refractivity contribution < 1.29 is 83.4 Å². The number of morpholine rings is 2. The van der Waals surface area contributed by atoms with Crippen molar-refractivity contribution in [1.29, 1.82) is 0 Å². The first-order valence-electron chi connectivity index (χ1n) is 36.2. The van der Waals surface area contributed by atoms with Crippen LogP contribution in [0.4, 0.5) is 69.1 Å². The summed E-state index contributed by atoms with van der Waals surface area (Å²) in [6, 6.07) is 0. The van der Waals surface area contributed by atoms with Crippen molar-refractivity contribution in [3.8, 4) is 11.4 Å². The Kier molecular flexibility index (Phi) is 28.8. The second-order valence-corrected chi connectivity index (χ2v) is 43.9. The Morgan fingerprint density at radius 1 is 0.500 bits per heavy atom. The topological polar surface area (TPSA) is 294 Å². The van der Waals surface area contributed by atoms with E-state index in [1.807, 2.05) is 11.2 Å². The molecule has 0 bridgehead atoms. The Morgan fingerprint density at radius 2 is 0.877 bits per heavy atom. The van der Waals surface area contributed by atoms with Crippen LogP contribution in [0.15, 0.2) is 29.5 Å². The molecule has 2 atom stereocenters. The van der Waals surface area contributed by atoms with Gasteiger partial charge in [0.25, 0.3) is 0 Å². The van der Waals surface area contributed by atoms with Gasteiger partial charge in [-0.25, -0.2) is 54.1 Å². The molecule has 0 radical (unpaired) electrons. The fraction of sp³-hybridized carbons (Fsp3) is 0.686. The van der Waals surface area contributed by atoms with Crippen molar-refractivity contribution in [2.45, 2.75) is 241 Å². The summed E-state index contributed by atoms with van der Waals surface area (Å²) in [5.74, 6) is -0.673. The fourth-order valence-electron chi connectivity index (χ4n) is 11.9. The van der Waals surface area contributed by atoms with Crippen LogP contribution in [0.2, 0.25) is 13.3 Å². The van der Waals surface area contributed by atoms with E-state index in [4.69, 9.17) is 52.8 Å². The molecule has 0 spiro atoms. The third-order valence-corrected chi connectivity index (χ3v) is 32.0. The van der Waals surface area contributed by atoms with Crippen molar-refractivity contribution in [2.24, 2.45) is 0 Å². The summed E-state index contributed by atoms with van der Waals surface area (Å²) >= 11 is -0.127. The molecule has 0 N–H and O–H groups in total. The van der Waals surface area contributed by atoms with Gasteiger partial charge in [-0.05, 0) is 118 Å². The molecule has 10 rings (SSSR count). The maximum atomic E-state index is 14.7.